The number of carbonyl (C=O) groups excluding carboxylic acids is 1. The third-order valence-corrected chi connectivity index (χ3v) is 3.73. The minimum Gasteiger partial charge on any atom is -0.481 e. The van der Waals surface area contributed by atoms with Crippen LogP contribution >= 0.6 is 0 Å². The monoisotopic (exact) mass is 258 g/mol. The Morgan fingerprint density at radius 2 is 1.74 bits per heavy atom. The zero-order chi connectivity index (χ0) is 14.0. The van der Waals surface area contributed by atoms with E-state index in [1.54, 1.807) is 0 Å². The third-order valence-electron chi connectivity index (χ3n) is 3.73. The second-order valence-corrected chi connectivity index (χ2v) is 5.18. The Morgan fingerprint density at radius 1 is 1.11 bits per heavy atom. The molecule has 3 heteroatoms. The van der Waals surface area contributed by atoms with Gasteiger partial charge in [-0.2, -0.15) is 0 Å². The summed E-state index contributed by atoms with van der Waals surface area (Å²) in [6, 6.07) is 5.67. The summed E-state index contributed by atoms with van der Waals surface area (Å²) in [4.78, 5) is 23.8. The summed E-state index contributed by atoms with van der Waals surface area (Å²) in [7, 11) is 0. The average molecular weight is 258 g/mol. The molecular formula is C16H18O3. The predicted molar refractivity (Wildman–Crippen MR) is 73.2 cm³/mol. The van der Waals surface area contributed by atoms with Gasteiger partial charge in [-0.05, 0) is 32.3 Å². The van der Waals surface area contributed by atoms with Crippen molar-refractivity contribution in [3.05, 3.63) is 47.0 Å². The lowest BCUT2D eigenvalue weighted by Crippen LogP contribution is -2.31. The molecule has 0 radical (unpaired) electrons. The van der Waals surface area contributed by atoms with Gasteiger partial charge in [0.25, 0.3) is 0 Å². The summed E-state index contributed by atoms with van der Waals surface area (Å²) in [6.07, 6.45) is 4.72. The maximum Gasteiger partial charge on any atom is 0.307 e. The van der Waals surface area contributed by atoms with E-state index >= 15 is 0 Å². The first-order valence-electron chi connectivity index (χ1n) is 6.50. The standard InChI is InChI=1S/C16H18O3/c1-10-7-8-12(11(2)9-10)15(17)13-5-3-4-6-14(13)16(18)19/h3-4,7-9,13-14H,5-6H2,1-2H3,(H,18,19). The number of rotatable bonds is 3. The van der Waals surface area contributed by atoms with Crippen molar-refractivity contribution < 1.29 is 14.7 Å². The van der Waals surface area contributed by atoms with Crippen molar-refractivity contribution in [2.24, 2.45) is 11.8 Å². The van der Waals surface area contributed by atoms with Crippen LogP contribution in [0.5, 0.6) is 0 Å². The summed E-state index contributed by atoms with van der Waals surface area (Å²) in [5.41, 5.74) is 2.67. The zero-order valence-corrected chi connectivity index (χ0v) is 11.2. The summed E-state index contributed by atoms with van der Waals surface area (Å²) in [6.45, 7) is 3.87. The van der Waals surface area contributed by atoms with Crippen LogP contribution < -0.4 is 0 Å². The number of hydrogen-bond acceptors (Lipinski definition) is 2. The fourth-order valence-corrected chi connectivity index (χ4v) is 2.67. The second-order valence-electron chi connectivity index (χ2n) is 5.18. The molecule has 1 N–H and O–H groups in total. The van der Waals surface area contributed by atoms with Gasteiger partial charge in [0, 0.05) is 11.5 Å². The third kappa shape index (κ3) is 2.75. The van der Waals surface area contributed by atoms with Gasteiger partial charge in [0.1, 0.15) is 0 Å². The molecule has 0 bridgehead atoms. The Hall–Kier alpha value is -1.90. The van der Waals surface area contributed by atoms with Gasteiger partial charge >= 0.3 is 5.97 Å². The smallest absolute Gasteiger partial charge is 0.307 e. The van der Waals surface area contributed by atoms with Gasteiger partial charge < -0.3 is 5.11 Å². The normalized spacial score (nSPS) is 22.2. The molecule has 0 saturated carbocycles. The SMILES string of the molecule is Cc1ccc(C(=O)C2CC=CCC2C(=O)O)c(C)c1. The summed E-state index contributed by atoms with van der Waals surface area (Å²) < 4.78 is 0. The van der Waals surface area contributed by atoms with Crippen LogP contribution in [0.15, 0.2) is 30.4 Å². The van der Waals surface area contributed by atoms with Gasteiger partial charge in [-0.15, -0.1) is 0 Å². The van der Waals surface area contributed by atoms with Crippen LogP contribution in [0.25, 0.3) is 0 Å². The van der Waals surface area contributed by atoms with E-state index in [0.29, 0.717) is 18.4 Å². The molecule has 2 unspecified atom stereocenters. The lowest BCUT2D eigenvalue weighted by atomic mass is 9.78. The van der Waals surface area contributed by atoms with E-state index in [1.165, 1.54) is 0 Å². The highest BCUT2D eigenvalue weighted by molar-refractivity contribution is 6.01. The number of Topliss-reactive ketones (excluding diaryl/α,β-unsaturated/α-hetero) is 1. The Labute approximate surface area is 113 Å². The number of aliphatic carboxylic acids is 1. The van der Waals surface area contributed by atoms with Gasteiger partial charge in [-0.25, -0.2) is 0 Å². The van der Waals surface area contributed by atoms with Crippen molar-refractivity contribution in [3.8, 4) is 0 Å². The van der Waals surface area contributed by atoms with Gasteiger partial charge in [-0.3, -0.25) is 9.59 Å². The molecule has 0 spiro atoms. The number of allylic oxidation sites excluding steroid dienone is 2. The van der Waals surface area contributed by atoms with Gasteiger partial charge in [-0.1, -0.05) is 35.9 Å². The number of carbonyl (C=O) groups is 2. The summed E-state index contributed by atoms with van der Waals surface area (Å²) >= 11 is 0. The van der Waals surface area contributed by atoms with Crippen molar-refractivity contribution in [2.75, 3.05) is 0 Å². The maximum atomic E-state index is 12.5. The first kappa shape index (κ1) is 13.5. The van der Waals surface area contributed by atoms with Crippen molar-refractivity contribution in [2.45, 2.75) is 26.7 Å². The summed E-state index contributed by atoms with van der Waals surface area (Å²) in [5.74, 6) is -1.97. The molecule has 1 aromatic carbocycles. The predicted octanol–water partition coefficient (Wildman–Crippen LogP) is 3.15. The maximum absolute atomic E-state index is 12.5. The quantitative estimate of drug-likeness (QED) is 0.669. The molecule has 0 saturated heterocycles. The molecule has 1 aliphatic rings. The van der Waals surface area contributed by atoms with Crippen LogP contribution in [0.2, 0.25) is 0 Å². The van der Waals surface area contributed by atoms with Crippen molar-refractivity contribution in [3.63, 3.8) is 0 Å². The van der Waals surface area contributed by atoms with Crippen LogP contribution in [0.1, 0.15) is 34.3 Å². The van der Waals surface area contributed by atoms with Crippen LogP contribution in [0, 0.1) is 25.7 Å². The molecule has 2 rings (SSSR count). The highest BCUT2D eigenvalue weighted by atomic mass is 16.4. The van der Waals surface area contributed by atoms with E-state index in [-0.39, 0.29) is 5.78 Å². The van der Waals surface area contributed by atoms with E-state index in [0.717, 1.165) is 11.1 Å². The number of hydrogen-bond donors (Lipinski definition) is 1. The molecular weight excluding hydrogens is 240 g/mol. The molecule has 0 fully saturated rings. The Balaban J connectivity index is 2.32. The fraction of sp³-hybridized carbons (Fsp3) is 0.375. The fourth-order valence-electron chi connectivity index (χ4n) is 2.67. The summed E-state index contributed by atoms with van der Waals surface area (Å²) in [5, 5.41) is 9.23. The van der Waals surface area contributed by atoms with Gasteiger partial charge in [0.05, 0.1) is 5.92 Å². The molecule has 19 heavy (non-hydrogen) atoms. The molecule has 0 aliphatic heterocycles. The molecule has 100 valence electrons. The number of aryl methyl sites for hydroxylation is 2. The number of benzene rings is 1. The Bertz CT molecular complexity index is 543. The second kappa shape index (κ2) is 5.39. The molecule has 1 aromatic rings. The van der Waals surface area contributed by atoms with Crippen LogP contribution in [-0.4, -0.2) is 16.9 Å². The van der Waals surface area contributed by atoms with E-state index < -0.39 is 17.8 Å². The van der Waals surface area contributed by atoms with Gasteiger partial charge in [0.15, 0.2) is 5.78 Å². The Kier molecular flexibility index (Phi) is 3.84. The van der Waals surface area contributed by atoms with Crippen molar-refractivity contribution >= 4 is 11.8 Å². The zero-order valence-electron chi connectivity index (χ0n) is 11.2. The minimum absolute atomic E-state index is 0.0470. The minimum atomic E-state index is -0.882. The molecule has 0 heterocycles. The molecule has 2 atom stereocenters. The average Bonchev–Trinajstić information content (AvgIpc) is 2.38. The molecule has 1 aliphatic carbocycles. The van der Waals surface area contributed by atoms with Crippen LogP contribution in [-0.2, 0) is 4.79 Å². The Morgan fingerprint density at radius 3 is 2.32 bits per heavy atom. The van der Waals surface area contributed by atoms with Crippen LogP contribution in [0.3, 0.4) is 0 Å². The largest absolute Gasteiger partial charge is 0.481 e. The lowest BCUT2D eigenvalue weighted by Gasteiger charge is -2.24. The van der Waals surface area contributed by atoms with E-state index in [9.17, 15) is 14.7 Å². The molecule has 3 nitrogen and oxygen atoms in total. The van der Waals surface area contributed by atoms with Crippen molar-refractivity contribution in [1.82, 2.24) is 0 Å². The molecule has 0 amide bonds. The topological polar surface area (TPSA) is 54.4 Å². The lowest BCUT2D eigenvalue weighted by molar-refractivity contribution is -0.143. The van der Waals surface area contributed by atoms with E-state index in [1.807, 2.05) is 44.2 Å². The van der Waals surface area contributed by atoms with E-state index in [4.69, 9.17) is 0 Å². The van der Waals surface area contributed by atoms with Crippen molar-refractivity contribution in [1.29, 1.82) is 0 Å². The number of carboxylic acids is 1. The number of ketones is 1. The first-order chi connectivity index (χ1) is 9.00. The van der Waals surface area contributed by atoms with Crippen LogP contribution in [0.4, 0.5) is 0 Å². The molecule has 0 aromatic heterocycles. The number of carboxylic acid groups (broad SMARTS) is 1. The first-order valence-corrected chi connectivity index (χ1v) is 6.50. The highest BCUT2D eigenvalue weighted by Crippen LogP contribution is 2.30. The van der Waals surface area contributed by atoms with E-state index in [2.05, 4.69) is 0 Å². The highest BCUT2D eigenvalue weighted by Gasteiger charge is 2.34. The van der Waals surface area contributed by atoms with Gasteiger partial charge in [0.2, 0.25) is 0 Å².